The van der Waals surface area contributed by atoms with Crippen LogP contribution in [0.15, 0.2) is 18.2 Å². The van der Waals surface area contributed by atoms with E-state index in [0.29, 0.717) is 0 Å². The number of aryl methyl sites for hydroxylation is 1. The lowest BCUT2D eigenvalue weighted by Crippen LogP contribution is -2.46. The molecule has 5 nitrogen and oxygen atoms in total. The van der Waals surface area contributed by atoms with Crippen LogP contribution in [0.4, 0.5) is 11.4 Å². The summed E-state index contributed by atoms with van der Waals surface area (Å²) >= 11 is 0. The van der Waals surface area contributed by atoms with Gasteiger partial charge in [-0.3, -0.25) is 9.59 Å². The Balaban J connectivity index is 2.35. The van der Waals surface area contributed by atoms with Crippen molar-refractivity contribution in [2.75, 3.05) is 17.3 Å². The molecule has 1 heterocycles. The van der Waals surface area contributed by atoms with Gasteiger partial charge in [0, 0.05) is 7.05 Å². The number of fused-ring (bicyclic) bond motifs is 1. The van der Waals surface area contributed by atoms with Gasteiger partial charge in [-0.25, -0.2) is 0 Å². The normalized spacial score (nSPS) is 18.2. The Bertz CT molecular complexity index is 499. The van der Waals surface area contributed by atoms with E-state index in [1.165, 1.54) is 4.90 Å². The van der Waals surface area contributed by atoms with Crippen molar-refractivity contribution in [2.24, 2.45) is 0 Å². The number of likely N-dealkylation sites (N-methyl/N-ethyl adjacent to an activating group) is 1. The highest BCUT2D eigenvalue weighted by molar-refractivity contribution is 6.05. The van der Waals surface area contributed by atoms with Crippen LogP contribution in [0, 0.1) is 0 Å². The summed E-state index contributed by atoms with van der Waals surface area (Å²) in [6.07, 6.45) is 0.690. The zero-order valence-electron chi connectivity index (χ0n) is 10.4. The van der Waals surface area contributed by atoms with Crippen LogP contribution in [0.25, 0.3) is 0 Å². The van der Waals surface area contributed by atoms with Crippen molar-refractivity contribution in [2.45, 2.75) is 25.8 Å². The van der Waals surface area contributed by atoms with Crippen LogP contribution in [0.1, 0.15) is 18.9 Å². The number of carboxylic acids is 1. The molecule has 2 N–H and O–H groups in total. The van der Waals surface area contributed by atoms with Crippen LogP contribution < -0.4 is 10.2 Å². The summed E-state index contributed by atoms with van der Waals surface area (Å²) in [4.78, 5) is 24.2. The van der Waals surface area contributed by atoms with E-state index in [-0.39, 0.29) is 12.3 Å². The summed E-state index contributed by atoms with van der Waals surface area (Å²) in [5, 5.41) is 11.8. The van der Waals surface area contributed by atoms with Crippen LogP contribution in [0.3, 0.4) is 0 Å². The highest BCUT2D eigenvalue weighted by atomic mass is 16.4. The molecule has 0 saturated carbocycles. The van der Waals surface area contributed by atoms with Crippen molar-refractivity contribution in [1.29, 1.82) is 0 Å². The van der Waals surface area contributed by atoms with Gasteiger partial charge in [0.1, 0.15) is 6.04 Å². The van der Waals surface area contributed by atoms with Crippen molar-refractivity contribution in [3.63, 3.8) is 0 Å². The fourth-order valence-corrected chi connectivity index (χ4v) is 2.13. The number of benzene rings is 1. The summed E-state index contributed by atoms with van der Waals surface area (Å²) in [5.74, 6) is -1.20. The fourth-order valence-electron chi connectivity index (χ4n) is 2.13. The molecule has 5 heteroatoms. The molecule has 0 radical (unpaired) electrons. The first-order chi connectivity index (χ1) is 8.52. The maximum absolute atomic E-state index is 12.0. The molecule has 0 aliphatic carbocycles. The molecule has 1 aliphatic heterocycles. The molecule has 0 fully saturated rings. The molecule has 1 aromatic carbocycles. The first kappa shape index (κ1) is 12.4. The molecule has 0 aromatic heterocycles. The summed E-state index contributed by atoms with van der Waals surface area (Å²) in [6, 6.07) is 5.14. The number of nitrogens with zero attached hydrogens (tertiary/aromatic N) is 1. The van der Waals surface area contributed by atoms with E-state index in [4.69, 9.17) is 5.11 Å². The van der Waals surface area contributed by atoms with E-state index in [1.807, 2.05) is 25.1 Å². The van der Waals surface area contributed by atoms with Crippen molar-refractivity contribution < 1.29 is 14.7 Å². The van der Waals surface area contributed by atoms with E-state index in [9.17, 15) is 9.59 Å². The third-order valence-corrected chi connectivity index (χ3v) is 3.17. The second-order valence-corrected chi connectivity index (χ2v) is 4.40. The van der Waals surface area contributed by atoms with Crippen molar-refractivity contribution in [3.8, 4) is 0 Å². The van der Waals surface area contributed by atoms with E-state index in [2.05, 4.69) is 5.32 Å². The first-order valence-corrected chi connectivity index (χ1v) is 5.91. The Morgan fingerprint density at radius 3 is 2.83 bits per heavy atom. The van der Waals surface area contributed by atoms with E-state index < -0.39 is 12.0 Å². The maximum Gasteiger partial charge on any atom is 0.305 e. The Hall–Kier alpha value is -2.04. The Morgan fingerprint density at radius 1 is 1.50 bits per heavy atom. The zero-order valence-corrected chi connectivity index (χ0v) is 10.4. The van der Waals surface area contributed by atoms with Gasteiger partial charge in [-0.15, -0.1) is 0 Å². The molecular formula is C13H16N2O3. The van der Waals surface area contributed by atoms with Crippen LogP contribution in [0.2, 0.25) is 0 Å². The number of aliphatic carboxylic acids is 1. The molecule has 1 aliphatic rings. The van der Waals surface area contributed by atoms with Crippen LogP contribution >= 0.6 is 0 Å². The number of anilines is 2. The minimum absolute atomic E-state index is 0.209. The van der Waals surface area contributed by atoms with Gasteiger partial charge >= 0.3 is 5.97 Å². The minimum atomic E-state index is -0.982. The number of rotatable bonds is 3. The monoisotopic (exact) mass is 248 g/mol. The molecule has 0 spiro atoms. The minimum Gasteiger partial charge on any atom is -0.481 e. The second kappa shape index (κ2) is 4.68. The van der Waals surface area contributed by atoms with Crippen LogP contribution in [-0.4, -0.2) is 30.1 Å². The van der Waals surface area contributed by atoms with Gasteiger partial charge in [0.25, 0.3) is 0 Å². The lowest BCUT2D eigenvalue weighted by Gasteiger charge is -2.32. The third kappa shape index (κ3) is 2.16. The predicted octanol–water partition coefficient (Wildman–Crippen LogP) is 1.48. The third-order valence-electron chi connectivity index (χ3n) is 3.17. The molecule has 1 unspecified atom stereocenters. The Kier molecular flexibility index (Phi) is 3.23. The number of nitrogens with one attached hydrogen (secondary N) is 1. The summed E-state index contributed by atoms with van der Waals surface area (Å²) < 4.78 is 0. The summed E-state index contributed by atoms with van der Waals surface area (Å²) in [5.41, 5.74) is 2.76. The number of carboxylic acid groups (broad SMARTS) is 1. The van der Waals surface area contributed by atoms with Gasteiger partial charge in [0.05, 0.1) is 17.8 Å². The number of hydrogen-bond acceptors (Lipinski definition) is 3. The molecule has 18 heavy (non-hydrogen) atoms. The van der Waals surface area contributed by atoms with Crippen molar-refractivity contribution in [3.05, 3.63) is 23.8 Å². The van der Waals surface area contributed by atoms with Gasteiger partial charge in [-0.2, -0.15) is 0 Å². The van der Waals surface area contributed by atoms with Crippen molar-refractivity contribution >= 4 is 23.3 Å². The Morgan fingerprint density at radius 2 is 2.22 bits per heavy atom. The highest BCUT2D eigenvalue weighted by Gasteiger charge is 2.31. The van der Waals surface area contributed by atoms with E-state index >= 15 is 0 Å². The topological polar surface area (TPSA) is 69.6 Å². The summed E-state index contributed by atoms with van der Waals surface area (Å²) in [7, 11) is 1.67. The molecule has 2 rings (SSSR count). The lowest BCUT2D eigenvalue weighted by atomic mass is 10.0. The highest BCUT2D eigenvalue weighted by Crippen LogP contribution is 2.32. The molecule has 0 bridgehead atoms. The number of carbonyl (C=O) groups excluding carboxylic acids is 1. The Labute approximate surface area is 105 Å². The smallest absolute Gasteiger partial charge is 0.305 e. The molecule has 0 saturated heterocycles. The van der Waals surface area contributed by atoms with E-state index in [1.54, 1.807) is 7.05 Å². The molecule has 1 amide bonds. The fraction of sp³-hybridized carbons (Fsp3) is 0.385. The molecule has 96 valence electrons. The second-order valence-electron chi connectivity index (χ2n) is 4.40. The zero-order chi connectivity index (χ0) is 13.3. The summed E-state index contributed by atoms with van der Waals surface area (Å²) in [6.45, 7) is 2.05. The van der Waals surface area contributed by atoms with Gasteiger partial charge in [-0.1, -0.05) is 13.0 Å². The number of hydrogen-bond donors (Lipinski definition) is 2. The largest absolute Gasteiger partial charge is 0.481 e. The number of amides is 1. The van der Waals surface area contributed by atoms with Crippen molar-refractivity contribution in [1.82, 2.24) is 0 Å². The predicted molar refractivity (Wildman–Crippen MR) is 68.9 cm³/mol. The van der Waals surface area contributed by atoms with E-state index in [0.717, 1.165) is 23.4 Å². The van der Waals surface area contributed by atoms with Gasteiger partial charge in [0.2, 0.25) is 5.91 Å². The van der Waals surface area contributed by atoms with Crippen LogP contribution in [-0.2, 0) is 16.0 Å². The standard InChI is InChI=1S/C13H16N2O3/c1-3-8-4-5-11-9(6-8)14-10(7-12(16)17)13(18)15(11)2/h4-6,10,14H,3,7H2,1-2H3,(H,16,17). The van der Waals surface area contributed by atoms with Gasteiger partial charge in [0.15, 0.2) is 0 Å². The van der Waals surface area contributed by atoms with Gasteiger partial charge in [-0.05, 0) is 24.1 Å². The van der Waals surface area contributed by atoms with Gasteiger partial charge < -0.3 is 15.3 Å². The molecule has 1 atom stereocenters. The maximum atomic E-state index is 12.0. The number of carbonyl (C=O) groups is 2. The molecule has 1 aromatic rings. The SMILES string of the molecule is CCc1ccc2c(c1)NC(CC(=O)O)C(=O)N2C. The average molecular weight is 248 g/mol. The lowest BCUT2D eigenvalue weighted by molar-refractivity contribution is -0.138. The molecular weight excluding hydrogens is 232 g/mol. The van der Waals surface area contributed by atoms with Crippen LogP contribution in [0.5, 0.6) is 0 Å². The average Bonchev–Trinajstić information content (AvgIpc) is 2.34. The quantitative estimate of drug-likeness (QED) is 0.850. The first-order valence-electron chi connectivity index (χ1n) is 5.91.